The first-order chi connectivity index (χ1) is 9.84. The zero-order valence-corrected chi connectivity index (χ0v) is 12.5. The molecule has 1 aliphatic rings. The first kappa shape index (κ1) is 15.7. The number of nitrogens with zero attached hydrogens (tertiary/aromatic N) is 2. The summed E-state index contributed by atoms with van der Waals surface area (Å²) < 4.78 is 0. The van der Waals surface area contributed by atoms with Crippen LogP contribution in [-0.2, 0) is 0 Å². The molecule has 7 heteroatoms. The molecule has 1 aromatic carbocycles. The summed E-state index contributed by atoms with van der Waals surface area (Å²) >= 11 is 5.81. The summed E-state index contributed by atoms with van der Waals surface area (Å²) in [6.45, 7) is 0.162. The average molecular weight is 313 g/mol. The van der Waals surface area contributed by atoms with Crippen molar-refractivity contribution in [3.05, 3.63) is 38.9 Å². The molecule has 21 heavy (non-hydrogen) atoms. The Balaban J connectivity index is 2.23. The molecule has 114 valence electrons. The number of hydrogen-bond donors (Lipinski definition) is 1. The zero-order valence-electron chi connectivity index (χ0n) is 11.7. The number of nitro groups is 1. The van der Waals surface area contributed by atoms with Crippen LogP contribution in [0, 0.1) is 10.1 Å². The van der Waals surface area contributed by atoms with Gasteiger partial charge in [-0.2, -0.15) is 0 Å². The Hall–Kier alpha value is -1.66. The number of nitro benzene ring substituents is 1. The van der Waals surface area contributed by atoms with Gasteiger partial charge in [0.2, 0.25) is 0 Å². The Morgan fingerprint density at radius 2 is 2.10 bits per heavy atom. The smallest absolute Gasteiger partial charge is 0.300 e. The molecule has 0 spiro atoms. The average Bonchev–Trinajstić information content (AvgIpc) is 2.83. The fourth-order valence-electron chi connectivity index (χ4n) is 2.78. The summed E-state index contributed by atoms with van der Waals surface area (Å²) in [7, 11) is 1.53. The summed E-state index contributed by atoms with van der Waals surface area (Å²) in [6.07, 6.45) is 3.14. The van der Waals surface area contributed by atoms with Crippen molar-refractivity contribution < 1.29 is 14.8 Å². The van der Waals surface area contributed by atoms with Crippen molar-refractivity contribution in [2.24, 2.45) is 0 Å². The Bertz CT molecular complexity index is 570. The second kappa shape index (κ2) is 5.99. The molecule has 6 nitrogen and oxygen atoms in total. The number of carbonyl (C=O) groups is 1. The van der Waals surface area contributed by atoms with Gasteiger partial charge in [0.05, 0.1) is 10.5 Å². The quantitative estimate of drug-likeness (QED) is 0.684. The molecule has 0 heterocycles. The molecular weight excluding hydrogens is 296 g/mol. The molecule has 0 atom stereocenters. The van der Waals surface area contributed by atoms with E-state index in [9.17, 15) is 20.0 Å². The van der Waals surface area contributed by atoms with Gasteiger partial charge in [-0.3, -0.25) is 14.9 Å². The molecule has 0 aliphatic heterocycles. The van der Waals surface area contributed by atoms with Crippen LogP contribution in [0.3, 0.4) is 0 Å². The SMILES string of the molecule is CN(CC1(O)CCCC1)C(=O)c1cccc(Cl)c1[N+](=O)[O-]. The normalized spacial score (nSPS) is 16.7. The number of amides is 1. The van der Waals surface area contributed by atoms with Crippen LogP contribution in [0.1, 0.15) is 36.0 Å². The number of carbonyl (C=O) groups excluding carboxylic acids is 1. The number of para-hydroxylation sites is 1. The maximum atomic E-state index is 12.4. The van der Waals surface area contributed by atoms with Gasteiger partial charge in [-0.15, -0.1) is 0 Å². The fourth-order valence-corrected chi connectivity index (χ4v) is 3.03. The maximum Gasteiger partial charge on any atom is 0.300 e. The molecule has 0 saturated heterocycles. The van der Waals surface area contributed by atoms with Gasteiger partial charge in [-0.05, 0) is 25.0 Å². The Kier molecular flexibility index (Phi) is 4.49. The highest BCUT2D eigenvalue weighted by molar-refractivity contribution is 6.33. The van der Waals surface area contributed by atoms with Gasteiger partial charge in [-0.1, -0.05) is 30.5 Å². The minimum absolute atomic E-state index is 0.0587. The predicted molar refractivity (Wildman–Crippen MR) is 78.5 cm³/mol. The topological polar surface area (TPSA) is 83.7 Å². The largest absolute Gasteiger partial charge is 0.388 e. The van der Waals surface area contributed by atoms with Gasteiger partial charge in [0.15, 0.2) is 0 Å². The molecule has 1 aromatic rings. The standard InChI is InChI=1S/C14H17ClN2O4/c1-16(9-14(19)7-2-3-8-14)13(18)10-5-4-6-11(15)12(10)17(20)21/h4-6,19H,2-3,7-9H2,1H3. The number of likely N-dealkylation sites (N-methyl/N-ethyl adjacent to an activating group) is 1. The Morgan fingerprint density at radius 3 is 2.67 bits per heavy atom. The highest BCUT2D eigenvalue weighted by Gasteiger charge is 2.35. The highest BCUT2D eigenvalue weighted by Crippen LogP contribution is 2.32. The van der Waals surface area contributed by atoms with E-state index in [0.29, 0.717) is 12.8 Å². The Labute approximate surface area is 127 Å². The minimum atomic E-state index is -0.891. The van der Waals surface area contributed by atoms with Crippen LogP contribution < -0.4 is 0 Å². The van der Waals surface area contributed by atoms with E-state index < -0.39 is 22.1 Å². The lowest BCUT2D eigenvalue weighted by Crippen LogP contribution is -2.42. The van der Waals surface area contributed by atoms with Crippen LogP contribution in [0.15, 0.2) is 18.2 Å². The van der Waals surface area contributed by atoms with Crippen molar-refractivity contribution in [3.63, 3.8) is 0 Å². The van der Waals surface area contributed by atoms with E-state index in [1.807, 2.05) is 0 Å². The minimum Gasteiger partial charge on any atom is -0.388 e. The van der Waals surface area contributed by atoms with E-state index in [-0.39, 0.29) is 17.1 Å². The van der Waals surface area contributed by atoms with Crippen molar-refractivity contribution in [1.82, 2.24) is 4.90 Å². The lowest BCUT2D eigenvalue weighted by atomic mass is 10.0. The van der Waals surface area contributed by atoms with Crippen LogP contribution in [0.25, 0.3) is 0 Å². The number of aliphatic hydroxyl groups is 1. The highest BCUT2D eigenvalue weighted by atomic mass is 35.5. The summed E-state index contributed by atoms with van der Waals surface area (Å²) in [4.78, 5) is 24.1. The fraction of sp³-hybridized carbons (Fsp3) is 0.500. The van der Waals surface area contributed by atoms with Crippen LogP contribution in [0.2, 0.25) is 5.02 Å². The van der Waals surface area contributed by atoms with Crippen molar-refractivity contribution in [2.75, 3.05) is 13.6 Å². The monoisotopic (exact) mass is 312 g/mol. The van der Waals surface area contributed by atoms with E-state index in [4.69, 9.17) is 11.6 Å². The molecular formula is C14H17ClN2O4. The van der Waals surface area contributed by atoms with E-state index in [2.05, 4.69) is 0 Å². The van der Waals surface area contributed by atoms with Crippen molar-refractivity contribution in [3.8, 4) is 0 Å². The van der Waals surface area contributed by atoms with E-state index in [1.54, 1.807) is 0 Å². The first-order valence-electron chi connectivity index (χ1n) is 6.75. The second-order valence-corrected chi connectivity index (χ2v) is 5.89. The maximum absolute atomic E-state index is 12.4. The Morgan fingerprint density at radius 1 is 1.48 bits per heavy atom. The van der Waals surface area contributed by atoms with Crippen molar-refractivity contribution in [2.45, 2.75) is 31.3 Å². The second-order valence-electron chi connectivity index (χ2n) is 5.49. The molecule has 0 bridgehead atoms. The molecule has 2 rings (SSSR count). The third-order valence-corrected chi connectivity index (χ3v) is 4.12. The number of hydrogen-bond acceptors (Lipinski definition) is 4. The molecule has 1 amide bonds. The third kappa shape index (κ3) is 3.33. The molecule has 1 saturated carbocycles. The van der Waals surface area contributed by atoms with Crippen LogP contribution in [-0.4, -0.2) is 40.0 Å². The van der Waals surface area contributed by atoms with Gasteiger partial charge in [0.25, 0.3) is 5.91 Å². The van der Waals surface area contributed by atoms with Gasteiger partial charge < -0.3 is 10.0 Å². The van der Waals surface area contributed by atoms with E-state index >= 15 is 0 Å². The van der Waals surface area contributed by atoms with Gasteiger partial charge >= 0.3 is 5.69 Å². The number of rotatable bonds is 4. The summed E-state index contributed by atoms with van der Waals surface area (Å²) in [6, 6.07) is 4.25. The molecule has 1 aliphatic carbocycles. The van der Waals surface area contributed by atoms with Gasteiger partial charge in [-0.25, -0.2) is 0 Å². The van der Waals surface area contributed by atoms with Crippen LogP contribution >= 0.6 is 11.6 Å². The van der Waals surface area contributed by atoms with Gasteiger partial charge in [0, 0.05) is 13.6 Å². The summed E-state index contributed by atoms with van der Waals surface area (Å²) in [5.74, 6) is -0.510. The van der Waals surface area contributed by atoms with Crippen molar-refractivity contribution >= 4 is 23.2 Å². The van der Waals surface area contributed by atoms with E-state index in [1.165, 1.54) is 30.1 Å². The molecule has 0 radical (unpaired) electrons. The zero-order chi connectivity index (χ0) is 15.6. The first-order valence-corrected chi connectivity index (χ1v) is 7.13. The van der Waals surface area contributed by atoms with Gasteiger partial charge in [0.1, 0.15) is 10.6 Å². The number of halogens is 1. The molecule has 1 fully saturated rings. The molecule has 1 N–H and O–H groups in total. The summed E-state index contributed by atoms with van der Waals surface area (Å²) in [5, 5.41) is 21.3. The van der Waals surface area contributed by atoms with Crippen LogP contribution in [0.5, 0.6) is 0 Å². The molecule has 0 unspecified atom stereocenters. The summed E-state index contributed by atoms with van der Waals surface area (Å²) in [5.41, 5.74) is -1.34. The predicted octanol–water partition coefficient (Wildman–Crippen LogP) is 2.63. The molecule has 0 aromatic heterocycles. The van der Waals surface area contributed by atoms with E-state index in [0.717, 1.165) is 12.8 Å². The van der Waals surface area contributed by atoms with Crippen LogP contribution in [0.4, 0.5) is 5.69 Å². The lowest BCUT2D eigenvalue weighted by molar-refractivity contribution is -0.385. The number of benzene rings is 1. The third-order valence-electron chi connectivity index (χ3n) is 3.81. The van der Waals surface area contributed by atoms with Crippen molar-refractivity contribution in [1.29, 1.82) is 0 Å². The lowest BCUT2D eigenvalue weighted by Gasteiger charge is -2.28.